The minimum Gasteiger partial charge on any atom is -0.393 e. The summed E-state index contributed by atoms with van der Waals surface area (Å²) in [6.45, 7) is 5.86. The topological polar surface area (TPSA) is 110 Å². The molecule has 0 radical (unpaired) electrons. The van der Waals surface area contributed by atoms with Gasteiger partial charge in [0.2, 0.25) is 5.91 Å². The van der Waals surface area contributed by atoms with E-state index in [1.54, 1.807) is 22.9 Å². The number of amides is 2. The van der Waals surface area contributed by atoms with Crippen LogP contribution in [0.15, 0.2) is 48.5 Å². The van der Waals surface area contributed by atoms with Gasteiger partial charge in [0, 0.05) is 5.39 Å². The molecule has 0 bridgehead atoms. The Hall–Kier alpha value is -3.26. The highest BCUT2D eigenvalue weighted by Crippen LogP contribution is 2.23. The molecule has 7 nitrogen and oxygen atoms in total. The molecule has 1 atom stereocenters. The Kier molecular flexibility index (Phi) is 8.62. The standard InChI is InChI=1S/C21H23FN4O2.C6H12O/c1-21(2,3)18(19(23)27)24-20(28)17-15-6-4-5-7-16(15)26(25-17)12-13-8-10-14(22)11-9-13;7-6-4-2-1-3-5-6/h4-11,18H,12H2,1-3H3,(H2,23,27)(H,24,28);6-7H,1-5H2. The first kappa shape index (κ1) is 26.3. The summed E-state index contributed by atoms with van der Waals surface area (Å²) in [5, 5.41) is 16.7. The minimum absolute atomic E-state index is 0.0359. The largest absolute Gasteiger partial charge is 0.393 e. The van der Waals surface area contributed by atoms with Crippen LogP contribution in [0.5, 0.6) is 0 Å². The predicted octanol–water partition coefficient (Wildman–Crippen LogP) is 4.16. The fourth-order valence-electron chi connectivity index (χ4n) is 4.17. The van der Waals surface area contributed by atoms with Crippen molar-refractivity contribution in [3.63, 3.8) is 0 Å². The van der Waals surface area contributed by atoms with Crippen molar-refractivity contribution in [3.05, 3.63) is 65.6 Å². The molecule has 188 valence electrons. The van der Waals surface area contributed by atoms with E-state index in [4.69, 9.17) is 10.8 Å². The molecule has 2 aromatic carbocycles. The molecule has 1 saturated carbocycles. The molecule has 8 heteroatoms. The molecule has 0 saturated heterocycles. The highest BCUT2D eigenvalue weighted by molar-refractivity contribution is 6.06. The van der Waals surface area contributed by atoms with Crippen LogP contribution < -0.4 is 11.1 Å². The average molecular weight is 483 g/mol. The van der Waals surface area contributed by atoms with Crippen LogP contribution in [0.1, 0.15) is 68.9 Å². The van der Waals surface area contributed by atoms with Crippen LogP contribution in [0.4, 0.5) is 4.39 Å². The number of nitrogens with two attached hydrogens (primary N) is 1. The maximum atomic E-state index is 13.2. The van der Waals surface area contributed by atoms with Crippen molar-refractivity contribution in [1.82, 2.24) is 15.1 Å². The number of halogens is 1. The summed E-state index contributed by atoms with van der Waals surface area (Å²) in [4.78, 5) is 24.7. The fraction of sp³-hybridized carbons (Fsp3) is 0.444. The lowest BCUT2D eigenvalue weighted by atomic mass is 9.86. The quantitative estimate of drug-likeness (QED) is 0.507. The van der Waals surface area contributed by atoms with Crippen molar-refractivity contribution in [2.45, 2.75) is 71.6 Å². The number of carbonyl (C=O) groups excluding carboxylic acids is 2. The van der Waals surface area contributed by atoms with Crippen LogP contribution in [-0.4, -0.2) is 38.8 Å². The third-order valence-corrected chi connectivity index (χ3v) is 6.12. The van der Waals surface area contributed by atoms with E-state index in [9.17, 15) is 14.0 Å². The number of nitrogens with one attached hydrogen (secondary N) is 1. The summed E-state index contributed by atoms with van der Waals surface area (Å²) < 4.78 is 14.8. The number of aromatic nitrogens is 2. The lowest BCUT2D eigenvalue weighted by molar-refractivity contribution is -0.122. The number of carbonyl (C=O) groups is 2. The zero-order valence-electron chi connectivity index (χ0n) is 20.6. The van der Waals surface area contributed by atoms with Gasteiger partial charge in [-0.1, -0.05) is 70.4 Å². The van der Waals surface area contributed by atoms with Gasteiger partial charge in [-0.05, 0) is 42.0 Å². The molecule has 0 spiro atoms. The van der Waals surface area contributed by atoms with E-state index in [0.29, 0.717) is 11.9 Å². The van der Waals surface area contributed by atoms with E-state index in [1.165, 1.54) is 31.4 Å². The number of primary amides is 1. The lowest BCUT2D eigenvalue weighted by Gasteiger charge is -2.28. The first-order valence-corrected chi connectivity index (χ1v) is 12.0. The second kappa shape index (κ2) is 11.4. The monoisotopic (exact) mass is 482 g/mol. The Bertz CT molecular complexity index is 1150. The summed E-state index contributed by atoms with van der Waals surface area (Å²) in [6.07, 6.45) is 5.92. The highest BCUT2D eigenvalue weighted by Gasteiger charge is 2.32. The molecule has 35 heavy (non-hydrogen) atoms. The van der Waals surface area contributed by atoms with E-state index in [-0.39, 0.29) is 17.6 Å². The van der Waals surface area contributed by atoms with Crippen molar-refractivity contribution in [1.29, 1.82) is 0 Å². The molecule has 1 fully saturated rings. The van der Waals surface area contributed by atoms with Crippen LogP contribution in [0, 0.1) is 11.2 Å². The zero-order valence-corrected chi connectivity index (χ0v) is 20.6. The number of para-hydroxylation sites is 1. The van der Waals surface area contributed by atoms with E-state index >= 15 is 0 Å². The summed E-state index contributed by atoms with van der Waals surface area (Å²) in [7, 11) is 0. The van der Waals surface area contributed by atoms with E-state index in [2.05, 4.69) is 10.4 Å². The van der Waals surface area contributed by atoms with Crippen LogP contribution in [0.25, 0.3) is 10.9 Å². The summed E-state index contributed by atoms with van der Waals surface area (Å²) in [5.41, 5.74) is 6.77. The summed E-state index contributed by atoms with van der Waals surface area (Å²) in [6, 6.07) is 12.6. The number of rotatable bonds is 5. The van der Waals surface area contributed by atoms with Crippen molar-refractivity contribution >= 4 is 22.7 Å². The van der Waals surface area contributed by atoms with Gasteiger partial charge in [-0.2, -0.15) is 5.10 Å². The van der Waals surface area contributed by atoms with Crippen LogP contribution >= 0.6 is 0 Å². The molecular weight excluding hydrogens is 447 g/mol. The molecule has 4 rings (SSSR count). The molecular formula is C27H35FN4O3. The van der Waals surface area contributed by atoms with Gasteiger partial charge in [-0.3, -0.25) is 14.3 Å². The SMILES string of the molecule is CC(C)(C)C(NC(=O)c1nn(Cc2ccc(F)cc2)c2ccccc12)C(N)=O.OC1CCCCC1. The summed E-state index contributed by atoms with van der Waals surface area (Å²) in [5.74, 6) is -1.38. The molecule has 2 amide bonds. The van der Waals surface area contributed by atoms with Gasteiger partial charge in [-0.15, -0.1) is 0 Å². The molecule has 3 aromatic rings. The van der Waals surface area contributed by atoms with Crippen molar-refractivity contribution in [2.75, 3.05) is 0 Å². The Labute approximate surface area is 205 Å². The lowest BCUT2D eigenvalue weighted by Crippen LogP contribution is -2.52. The van der Waals surface area contributed by atoms with Crippen molar-refractivity contribution in [3.8, 4) is 0 Å². The third kappa shape index (κ3) is 7.11. The fourth-order valence-corrected chi connectivity index (χ4v) is 4.17. The van der Waals surface area contributed by atoms with Crippen LogP contribution in [0.3, 0.4) is 0 Å². The van der Waals surface area contributed by atoms with Gasteiger partial charge < -0.3 is 16.2 Å². The molecule has 1 heterocycles. The number of nitrogens with zero attached hydrogens (tertiary/aromatic N) is 2. The Morgan fingerprint density at radius 1 is 1.11 bits per heavy atom. The molecule has 1 aromatic heterocycles. The van der Waals surface area contributed by atoms with Crippen molar-refractivity contribution in [2.24, 2.45) is 11.1 Å². The molecule has 1 aliphatic rings. The number of aliphatic hydroxyl groups is 1. The van der Waals surface area contributed by atoms with Crippen LogP contribution in [0.2, 0.25) is 0 Å². The maximum Gasteiger partial charge on any atom is 0.273 e. The van der Waals surface area contributed by atoms with Gasteiger partial charge >= 0.3 is 0 Å². The molecule has 1 unspecified atom stereocenters. The van der Waals surface area contributed by atoms with Crippen molar-refractivity contribution < 1.29 is 19.1 Å². The second-order valence-electron chi connectivity index (χ2n) is 10.1. The normalized spacial score (nSPS) is 15.2. The Morgan fingerprint density at radius 2 is 1.74 bits per heavy atom. The number of hydrogen-bond acceptors (Lipinski definition) is 4. The molecule has 0 aliphatic heterocycles. The van der Waals surface area contributed by atoms with E-state index in [0.717, 1.165) is 23.9 Å². The van der Waals surface area contributed by atoms with Gasteiger partial charge in [0.25, 0.3) is 5.91 Å². The molecule has 4 N–H and O–H groups in total. The number of hydrogen-bond donors (Lipinski definition) is 3. The van der Waals surface area contributed by atoms with E-state index in [1.807, 2.05) is 39.0 Å². The average Bonchev–Trinajstić information content (AvgIpc) is 3.17. The van der Waals surface area contributed by atoms with Gasteiger partial charge in [0.1, 0.15) is 11.9 Å². The smallest absolute Gasteiger partial charge is 0.273 e. The number of fused-ring (bicyclic) bond motifs is 1. The van der Waals surface area contributed by atoms with E-state index < -0.39 is 23.3 Å². The maximum absolute atomic E-state index is 13.2. The number of benzene rings is 2. The third-order valence-electron chi connectivity index (χ3n) is 6.12. The second-order valence-corrected chi connectivity index (χ2v) is 10.1. The zero-order chi connectivity index (χ0) is 25.6. The predicted molar refractivity (Wildman–Crippen MR) is 134 cm³/mol. The van der Waals surface area contributed by atoms with Gasteiger partial charge in [0.05, 0.1) is 18.2 Å². The Balaban J connectivity index is 0.000000420. The first-order chi connectivity index (χ1) is 16.6. The van der Waals surface area contributed by atoms with Gasteiger partial charge in [-0.25, -0.2) is 4.39 Å². The Morgan fingerprint density at radius 3 is 2.29 bits per heavy atom. The minimum atomic E-state index is -0.832. The summed E-state index contributed by atoms with van der Waals surface area (Å²) >= 11 is 0. The highest BCUT2D eigenvalue weighted by atomic mass is 19.1. The van der Waals surface area contributed by atoms with Crippen LogP contribution in [-0.2, 0) is 11.3 Å². The molecule has 1 aliphatic carbocycles. The first-order valence-electron chi connectivity index (χ1n) is 12.0. The van der Waals surface area contributed by atoms with Gasteiger partial charge in [0.15, 0.2) is 5.69 Å². The number of aliphatic hydroxyl groups excluding tert-OH is 1.